The molecule has 0 spiro atoms. The van der Waals surface area contributed by atoms with Crippen molar-refractivity contribution in [2.24, 2.45) is 0 Å². The van der Waals surface area contributed by atoms with Gasteiger partial charge in [0.15, 0.2) is 0 Å². The summed E-state index contributed by atoms with van der Waals surface area (Å²) < 4.78 is 55.6. The van der Waals surface area contributed by atoms with Crippen LogP contribution in [0.1, 0.15) is 0 Å². The number of aromatic hydroxyl groups is 1. The van der Waals surface area contributed by atoms with Crippen molar-refractivity contribution < 1.29 is 61.2 Å². The molecule has 0 aliphatic carbocycles. The minimum Gasteiger partial charge on any atom is -0.872 e. The van der Waals surface area contributed by atoms with Crippen LogP contribution in [0.15, 0.2) is 57.2 Å². The summed E-state index contributed by atoms with van der Waals surface area (Å²) in [7, 11) is -8.85. The van der Waals surface area contributed by atoms with Crippen LogP contribution in [0.2, 0.25) is 0 Å². The Morgan fingerprint density at radius 1 is 0.864 bits per heavy atom. The van der Waals surface area contributed by atoms with Gasteiger partial charge in [-0.25, -0.2) is 8.42 Å². The Morgan fingerprint density at radius 2 is 1.36 bits per heavy atom. The van der Waals surface area contributed by atoms with Crippen LogP contribution in [0.25, 0.3) is 0 Å². The van der Waals surface area contributed by atoms with Gasteiger partial charge >= 0.3 is 29.6 Å². The minimum atomic E-state index is -4.62. The van der Waals surface area contributed by atoms with Gasteiger partial charge in [0.05, 0.1) is 9.79 Å². The number of sulfone groups is 1. The average molecular weight is 352 g/mol. The number of hydrogen-bond acceptors (Lipinski definition) is 6. The van der Waals surface area contributed by atoms with Gasteiger partial charge in [-0.05, 0) is 30.3 Å². The topological polar surface area (TPSA) is 132 Å². The van der Waals surface area contributed by atoms with E-state index in [1.165, 1.54) is 0 Å². The van der Waals surface area contributed by atoms with Gasteiger partial charge in [-0.1, -0.05) is 12.1 Å². The molecule has 0 aliphatic heterocycles. The van der Waals surface area contributed by atoms with Crippen LogP contribution in [0.4, 0.5) is 0 Å². The molecule has 0 atom stereocenters. The van der Waals surface area contributed by atoms with Crippen LogP contribution in [0, 0.1) is 0 Å². The summed E-state index contributed by atoms with van der Waals surface area (Å²) in [6.45, 7) is 0. The molecule has 0 bridgehead atoms. The second kappa shape index (κ2) is 6.57. The summed E-state index contributed by atoms with van der Waals surface area (Å²) in [5.41, 5.74) is 0. The molecule has 0 saturated heterocycles. The van der Waals surface area contributed by atoms with Crippen molar-refractivity contribution in [2.45, 2.75) is 14.7 Å². The molecule has 0 radical (unpaired) electrons. The monoisotopic (exact) mass is 352 g/mol. The molecule has 2 N–H and O–H groups in total. The fraction of sp³-hybridized carbons (Fsp3) is 0. The summed E-state index contributed by atoms with van der Waals surface area (Å²) >= 11 is 0. The zero-order valence-corrected chi connectivity index (χ0v) is 14.9. The number of rotatable bonds is 3. The predicted molar refractivity (Wildman–Crippen MR) is 69.3 cm³/mol. The molecule has 2 aromatic rings. The van der Waals surface area contributed by atoms with Gasteiger partial charge in [-0.3, -0.25) is 4.55 Å². The van der Waals surface area contributed by atoms with Crippen molar-refractivity contribution in [2.75, 3.05) is 0 Å². The maximum absolute atomic E-state index is 12.3. The third kappa shape index (κ3) is 3.80. The van der Waals surface area contributed by atoms with Crippen molar-refractivity contribution in [3.05, 3.63) is 42.5 Å². The summed E-state index contributed by atoms with van der Waals surface area (Å²) in [4.78, 5) is -1.64. The van der Waals surface area contributed by atoms with Gasteiger partial charge in [0, 0.05) is 0 Å². The smallest absolute Gasteiger partial charge is 0.872 e. The molecule has 0 unspecified atom stereocenters. The van der Waals surface area contributed by atoms with Crippen molar-refractivity contribution >= 4 is 20.0 Å². The van der Waals surface area contributed by atoms with Crippen LogP contribution in [-0.4, -0.2) is 26.5 Å². The van der Waals surface area contributed by atoms with Crippen molar-refractivity contribution in [3.8, 4) is 11.5 Å². The van der Waals surface area contributed by atoms with E-state index in [4.69, 9.17) is 4.55 Å². The van der Waals surface area contributed by atoms with E-state index in [0.717, 1.165) is 36.4 Å². The standard InChI is InChI=1S/C12H10O7S2.Na/c13-8-1-3-9(4-2-8)20(15,16)12-7-10(21(17,18)19)5-6-11(12)14;/h1-7,13-14H,(H,17,18,19);/q;+1/p-1. The van der Waals surface area contributed by atoms with E-state index in [1.54, 1.807) is 0 Å². The van der Waals surface area contributed by atoms with Crippen LogP contribution >= 0.6 is 0 Å². The largest absolute Gasteiger partial charge is 1.00 e. The number of benzene rings is 2. The predicted octanol–water partition coefficient (Wildman–Crippen LogP) is -2.45. The van der Waals surface area contributed by atoms with E-state index >= 15 is 0 Å². The minimum absolute atomic E-state index is 0. The molecular formula is C12H9NaO7S2. The van der Waals surface area contributed by atoms with Crippen LogP contribution in [0.3, 0.4) is 0 Å². The molecular weight excluding hydrogens is 343 g/mol. The molecule has 0 heterocycles. The first-order valence-corrected chi connectivity index (χ1v) is 8.37. The van der Waals surface area contributed by atoms with Crippen molar-refractivity contribution in [1.29, 1.82) is 0 Å². The third-order valence-electron chi connectivity index (χ3n) is 2.65. The average Bonchev–Trinajstić information content (AvgIpc) is 2.38. The number of hydrogen-bond donors (Lipinski definition) is 2. The maximum atomic E-state index is 12.3. The zero-order chi connectivity index (χ0) is 15.8. The SMILES string of the molecule is O=S(=O)(O)c1ccc(O)c(S(=O)(=O)c2ccc([O-])cc2)c1.[Na+]. The summed E-state index contributed by atoms with van der Waals surface area (Å²) in [6, 6.07) is 6.48. The Hall–Kier alpha value is -1.10. The quantitative estimate of drug-likeness (QED) is 0.463. The number of phenols is 1. The molecule has 7 nitrogen and oxygen atoms in total. The molecule has 10 heteroatoms. The van der Waals surface area contributed by atoms with Crippen LogP contribution in [0.5, 0.6) is 11.5 Å². The van der Waals surface area contributed by atoms with E-state index in [1.807, 2.05) is 0 Å². The normalized spacial score (nSPS) is 11.7. The second-order valence-corrected chi connectivity index (χ2v) is 7.42. The Balaban J connectivity index is 0.00000242. The first kappa shape index (κ1) is 18.9. The summed E-state index contributed by atoms with van der Waals surface area (Å²) in [6.07, 6.45) is 0. The third-order valence-corrected chi connectivity index (χ3v) is 5.30. The second-order valence-electron chi connectivity index (χ2n) is 4.08. The molecule has 0 fully saturated rings. The summed E-state index contributed by atoms with van der Waals surface area (Å²) in [5.74, 6) is -1.07. The summed E-state index contributed by atoms with van der Waals surface area (Å²) in [5, 5.41) is 20.6. The Bertz CT molecular complexity index is 888. The molecule has 2 aromatic carbocycles. The number of phenolic OH excluding ortho intramolecular Hbond substituents is 1. The van der Waals surface area contributed by atoms with E-state index in [2.05, 4.69) is 0 Å². The van der Waals surface area contributed by atoms with Crippen LogP contribution < -0.4 is 34.7 Å². The molecule has 0 amide bonds. The fourth-order valence-corrected chi connectivity index (χ4v) is 3.57. The first-order chi connectivity index (χ1) is 9.62. The molecule has 0 aliphatic rings. The van der Waals surface area contributed by atoms with Crippen LogP contribution in [-0.2, 0) is 20.0 Å². The van der Waals surface area contributed by atoms with E-state index in [9.17, 15) is 27.0 Å². The molecule has 112 valence electrons. The maximum Gasteiger partial charge on any atom is 1.00 e. The fourth-order valence-electron chi connectivity index (χ4n) is 1.62. The van der Waals surface area contributed by atoms with Gasteiger partial charge in [-0.15, -0.1) is 5.75 Å². The Labute approximate surface area is 149 Å². The van der Waals surface area contributed by atoms with E-state index in [-0.39, 0.29) is 34.5 Å². The molecule has 0 saturated carbocycles. The van der Waals surface area contributed by atoms with Crippen molar-refractivity contribution in [3.63, 3.8) is 0 Å². The first-order valence-electron chi connectivity index (χ1n) is 5.45. The Kier molecular flexibility index (Phi) is 5.66. The van der Waals surface area contributed by atoms with Gasteiger partial charge in [0.1, 0.15) is 10.6 Å². The van der Waals surface area contributed by atoms with E-state index < -0.39 is 41.2 Å². The van der Waals surface area contributed by atoms with Crippen molar-refractivity contribution in [1.82, 2.24) is 0 Å². The van der Waals surface area contributed by atoms with E-state index in [0.29, 0.717) is 6.07 Å². The zero-order valence-electron chi connectivity index (χ0n) is 11.3. The Morgan fingerprint density at radius 3 is 1.86 bits per heavy atom. The molecule has 0 aromatic heterocycles. The van der Waals surface area contributed by atoms with Gasteiger partial charge in [-0.2, -0.15) is 8.42 Å². The van der Waals surface area contributed by atoms with Gasteiger partial charge in [0.25, 0.3) is 10.1 Å². The molecule has 22 heavy (non-hydrogen) atoms. The molecule has 2 rings (SSSR count). The van der Waals surface area contributed by atoms with Gasteiger partial charge in [0.2, 0.25) is 9.84 Å². The van der Waals surface area contributed by atoms with Gasteiger partial charge < -0.3 is 10.2 Å².